The third-order valence-corrected chi connectivity index (χ3v) is 7.50. The zero-order chi connectivity index (χ0) is 25.1. The maximum absolute atomic E-state index is 15.8. The number of anilines is 1. The number of hydrogen-bond acceptors (Lipinski definition) is 5. The van der Waals surface area contributed by atoms with Crippen molar-refractivity contribution in [1.82, 2.24) is 25.0 Å². The minimum Gasteiger partial charge on any atom is -0.317 e. The van der Waals surface area contributed by atoms with Gasteiger partial charge < -0.3 is 10.6 Å². The summed E-state index contributed by atoms with van der Waals surface area (Å²) >= 11 is 0. The summed E-state index contributed by atoms with van der Waals surface area (Å²) in [5, 5.41) is 11.3. The van der Waals surface area contributed by atoms with E-state index in [1.54, 1.807) is 6.07 Å². The number of rotatable bonds is 7. The lowest BCUT2D eigenvalue weighted by Gasteiger charge is -2.26. The summed E-state index contributed by atoms with van der Waals surface area (Å²) in [5.74, 6) is -1.13. The minimum atomic E-state index is -0.611. The Morgan fingerprint density at radius 2 is 1.94 bits per heavy atom. The highest BCUT2D eigenvalue weighted by molar-refractivity contribution is 5.96. The van der Waals surface area contributed by atoms with Gasteiger partial charge in [-0.3, -0.25) is 18.8 Å². The highest BCUT2D eigenvalue weighted by Crippen LogP contribution is 2.33. The van der Waals surface area contributed by atoms with Crippen molar-refractivity contribution >= 4 is 22.5 Å². The van der Waals surface area contributed by atoms with Gasteiger partial charge in [0.15, 0.2) is 11.6 Å². The van der Waals surface area contributed by atoms with E-state index in [0.717, 1.165) is 49.5 Å². The number of aryl methyl sites for hydroxylation is 2. The molecule has 0 aliphatic carbocycles. The number of likely N-dealkylation sites (tertiary alicyclic amines) is 1. The Balaban J connectivity index is 1.51. The van der Waals surface area contributed by atoms with Crippen LogP contribution in [0.25, 0.3) is 21.9 Å². The predicted molar refractivity (Wildman–Crippen MR) is 137 cm³/mol. The van der Waals surface area contributed by atoms with Crippen LogP contribution in [0.1, 0.15) is 43.5 Å². The van der Waals surface area contributed by atoms with Crippen molar-refractivity contribution in [2.24, 2.45) is 13.0 Å². The second-order valence-electron chi connectivity index (χ2n) is 9.90. The molecule has 2 N–H and O–H groups in total. The Morgan fingerprint density at radius 1 is 1.17 bits per heavy atom. The van der Waals surface area contributed by atoms with Crippen LogP contribution in [0.2, 0.25) is 0 Å². The van der Waals surface area contributed by atoms with Crippen molar-refractivity contribution in [2.75, 3.05) is 38.2 Å². The van der Waals surface area contributed by atoms with Gasteiger partial charge >= 0.3 is 0 Å². The van der Waals surface area contributed by atoms with Gasteiger partial charge in [0, 0.05) is 42.3 Å². The SMILES string of the molecule is Cn1ncc(-c2ccc3c(CCF)nc(NC(=O)C4CCNCC4)c(F)c3c2)c1CN1CCCCC1. The summed E-state index contributed by atoms with van der Waals surface area (Å²) in [7, 11) is 1.93. The number of pyridine rings is 1. The van der Waals surface area contributed by atoms with Crippen LogP contribution in [0, 0.1) is 11.7 Å². The van der Waals surface area contributed by atoms with Crippen molar-refractivity contribution in [3.63, 3.8) is 0 Å². The van der Waals surface area contributed by atoms with E-state index in [4.69, 9.17) is 0 Å². The van der Waals surface area contributed by atoms with Crippen molar-refractivity contribution in [3.05, 3.63) is 41.6 Å². The molecule has 0 bridgehead atoms. The third-order valence-electron chi connectivity index (χ3n) is 7.50. The van der Waals surface area contributed by atoms with Gasteiger partial charge in [-0.15, -0.1) is 0 Å². The lowest BCUT2D eigenvalue weighted by molar-refractivity contribution is -0.120. The third kappa shape index (κ3) is 5.13. The van der Waals surface area contributed by atoms with Crippen LogP contribution in [0.4, 0.5) is 14.6 Å². The molecule has 0 radical (unpaired) electrons. The normalized spacial score (nSPS) is 17.5. The van der Waals surface area contributed by atoms with E-state index in [9.17, 15) is 9.18 Å². The number of alkyl halides is 1. The molecule has 3 aromatic rings. The lowest BCUT2D eigenvalue weighted by Crippen LogP contribution is -2.35. The summed E-state index contributed by atoms with van der Waals surface area (Å²) in [4.78, 5) is 19.6. The molecule has 2 saturated heterocycles. The Bertz CT molecular complexity index is 1230. The lowest BCUT2D eigenvalue weighted by atomic mass is 9.97. The number of carbonyl (C=O) groups excluding carboxylic acids is 1. The fourth-order valence-electron chi connectivity index (χ4n) is 5.40. The number of hydrogen-bond donors (Lipinski definition) is 2. The Morgan fingerprint density at radius 3 is 2.69 bits per heavy atom. The fraction of sp³-hybridized carbons (Fsp3) is 0.519. The molecule has 5 rings (SSSR count). The summed E-state index contributed by atoms with van der Waals surface area (Å²) in [6.07, 6.45) is 6.94. The Kier molecular flexibility index (Phi) is 7.57. The number of nitrogens with zero attached hydrogens (tertiary/aromatic N) is 4. The molecule has 1 amide bonds. The molecule has 2 aromatic heterocycles. The smallest absolute Gasteiger partial charge is 0.228 e. The molecule has 0 spiro atoms. The molecule has 2 fully saturated rings. The Hall–Kier alpha value is -2.91. The summed E-state index contributed by atoms with van der Waals surface area (Å²) in [5.41, 5.74) is 3.32. The first-order valence-corrected chi connectivity index (χ1v) is 13.0. The number of fused-ring (bicyclic) bond motifs is 1. The van der Waals surface area contributed by atoms with Gasteiger partial charge in [-0.05, 0) is 63.5 Å². The monoisotopic (exact) mass is 496 g/mol. The van der Waals surface area contributed by atoms with Crippen LogP contribution >= 0.6 is 0 Å². The zero-order valence-electron chi connectivity index (χ0n) is 20.8. The number of carbonyl (C=O) groups is 1. The molecule has 192 valence electrons. The van der Waals surface area contributed by atoms with Gasteiger partial charge in [0.2, 0.25) is 5.91 Å². The molecule has 4 heterocycles. The number of nitrogens with one attached hydrogen (secondary N) is 2. The first kappa shape index (κ1) is 24.8. The average molecular weight is 497 g/mol. The maximum Gasteiger partial charge on any atom is 0.228 e. The fourth-order valence-corrected chi connectivity index (χ4v) is 5.40. The Labute approximate surface area is 210 Å². The van der Waals surface area contributed by atoms with Gasteiger partial charge in [-0.1, -0.05) is 18.6 Å². The highest BCUT2D eigenvalue weighted by atomic mass is 19.1. The van der Waals surface area contributed by atoms with E-state index in [-0.39, 0.29) is 24.1 Å². The number of halogens is 2. The quantitative estimate of drug-likeness (QED) is 0.513. The molecule has 0 unspecified atom stereocenters. The molecule has 2 aliphatic rings. The van der Waals surface area contributed by atoms with Gasteiger partial charge in [-0.25, -0.2) is 9.37 Å². The first-order valence-electron chi connectivity index (χ1n) is 13.0. The number of amides is 1. The largest absolute Gasteiger partial charge is 0.317 e. The molecule has 7 nitrogen and oxygen atoms in total. The molecular formula is C27H34F2N6O. The van der Waals surface area contributed by atoms with Gasteiger partial charge in [0.05, 0.1) is 24.3 Å². The maximum atomic E-state index is 15.8. The van der Waals surface area contributed by atoms with E-state index in [1.807, 2.05) is 30.1 Å². The van der Waals surface area contributed by atoms with E-state index >= 15 is 4.39 Å². The van der Waals surface area contributed by atoms with E-state index in [0.29, 0.717) is 29.3 Å². The van der Waals surface area contributed by atoms with Crippen LogP contribution < -0.4 is 10.6 Å². The summed E-state index contributed by atoms with van der Waals surface area (Å²) < 4.78 is 31.0. The van der Waals surface area contributed by atoms with Crippen molar-refractivity contribution in [3.8, 4) is 11.1 Å². The molecule has 0 atom stereocenters. The highest BCUT2D eigenvalue weighted by Gasteiger charge is 2.24. The average Bonchev–Trinajstić information content (AvgIpc) is 3.27. The number of benzene rings is 1. The first-order chi connectivity index (χ1) is 17.5. The second-order valence-corrected chi connectivity index (χ2v) is 9.90. The standard InChI is InChI=1S/C27H34F2N6O/c1-34-24(17-35-13-3-2-4-14-35)22(16-31-34)19-5-6-20-21(15-19)25(29)26(32-23(20)7-10-28)33-27(36)18-8-11-30-12-9-18/h5-6,15-16,18,30H,2-4,7-14,17H2,1H3,(H,32,33,36). The van der Waals surface area contributed by atoms with Crippen LogP contribution in [0.5, 0.6) is 0 Å². The molecule has 9 heteroatoms. The topological polar surface area (TPSA) is 75.1 Å². The summed E-state index contributed by atoms with van der Waals surface area (Å²) in [6, 6.07) is 5.52. The molecule has 2 aliphatic heterocycles. The van der Waals surface area contributed by atoms with E-state index < -0.39 is 12.5 Å². The van der Waals surface area contributed by atoms with Crippen molar-refractivity contribution < 1.29 is 13.6 Å². The number of aromatic nitrogens is 3. The zero-order valence-corrected chi connectivity index (χ0v) is 20.8. The molecule has 1 aromatic carbocycles. The van der Waals surface area contributed by atoms with Crippen LogP contribution in [0.15, 0.2) is 24.4 Å². The van der Waals surface area contributed by atoms with Gasteiger partial charge in [-0.2, -0.15) is 5.10 Å². The minimum absolute atomic E-state index is 0.0550. The van der Waals surface area contributed by atoms with Crippen LogP contribution in [-0.4, -0.2) is 58.4 Å². The van der Waals surface area contributed by atoms with Crippen LogP contribution in [0.3, 0.4) is 0 Å². The second kappa shape index (κ2) is 11.0. The van der Waals surface area contributed by atoms with Gasteiger partial charge in [0.25, 0.3) is 0 Å². The number of piperidine rings is 2. The predicted octanol–water partition coefficient (Wildman–Crippen LogP) is 4.21. The molecular weight excluding hydrogens is 462 g/mol. The van der Waals surface area contributed by atoms with Crippen molar-refractivity contribution in [1.29, 1.82) is 0 Å². The van der Waals surface area contributed by atoms with E-state index in [1.165, 1.54) is 19.3 Å². The van der Waals surface area contributed by atoms with Gasteiger partial charge in [0.1, 0.15) is 0 Å². The van der Waals surface area contributed by atoms with Crippen LogP contribution in [-0.2, 0) is 24.8 Å². The van der Waals surface area contributed by atoms with E-state index in [2.05, 4.69) is 25.6 Å². The molecule has 0 saturated carbocycles. The molecule has 36 heavy (non-hydrogen) atoms. The summed E-state index contributed by atoms with van der Waals surface area (Å²) in [6.45, 7) is 3.82. The van der Waals surface area contributed by atoms with Crippen molar-refractivity contribution in [2.45, 2.75) is 45.1 Å².